The summed E-state index contributed by atoms with van der Waals surface area (Å²) in [7, 11) is 0. The van der Waals surface area contributed by atoms with Gasteiger partial charge in [-0.25, -0.2) is 8.78 Å². The highest BCUT2D eigenvalue weighted by atomic mass is 19.2. The van der Waals surface area contributed by atoms with Gasteiger partial charge in [0, 0.05) is 24.3 Å². The van der Waals surface area contributed by atoms with Crippen molar-refractivity contribution in [1.29, 1.82) is 0 Å². The maximum Gasteiger partial charge on any atom is 0.256 e. The molecule has 0 aliphatic heterocycles. The molecule has 2 N–H and O–H groups in total. The molecule has 0 atom stereocenters. The number of halogens is 2. The number of hydrogen-bond acceptors (Lipinski definition) is 2. The summed E-state index contributed by atoms with van der Waals surface area (Å²) in [6, 6.07) is 1.68. The lowest BCUT2D eigenvalue weighted by Gasteiger charge is -2.26. The Balaban J connectivity index is 3.12. The van der Waals surface area contributed by atoms with Crippen molar-refractivity contribution in [3.05, 3.63) is 29.3 Å². The van der Waals surface area contributed by atoms with Gasteiger partial charge >= 0.3 is 0 Å². The van der Waals surface area contributed by atoms with Gasteiger partial charge < -0.3 is 10.6 Å². The molecule has 18 heavy (non-hydrogen) atoms. The lowest BCUT2D eigenvalue weighted by atomic mass is 10.1. The molecule has 0 radical (unpaired) electrons. The van der Waals surface area contributed by atoms with E-state index >= 15 is 0 Å². The van der Waals surface area contributed by atoms with Crippen molar-refractivity contribution in [2.45, 2.75) is 33.2 Å². The SMILES string of the molecule is CCCN(C(=O)c1cc(F)c(F)cc1N)C(C)C. The molecule has 3 nitrogen and oxygen atoms in total. The summed E-state index contributed by atoms with van der Waals surface area (Å²) >= 11 is 0. The maximum absolute atomic E-state index is 13.2. The van der Waals surface area contributed by atoms with Crippen LogP contribution in [0.25, 0.3) is 0 Å². The van der Waals surface area contributed by atoms with Gasteiger partial charge in [0.1, 0.15) is 0 Å². The van der Waals surface area contributed by atoms with Gasteiger partial charge in [0.25, 0.3) is 5.91 Å². The molecule has 1 aromatic carbocycles. The summed E-state index contributed by atoms with van der Waals surface area (Å²) in [5.41, 5.74) is 5.54. The molecule has 0 heterocycles. The van der Waals surface area contributed by atoms with Crippen LogP contribution in [0.4, 0.5) is 14.5 Å². The number of rotatable bonds is 4. The highest BCUT2D eigenvalue weighted by molar-refractivity contribution is 5.99. The van der Waals surface area contributed by atoms with Crippen LogP contribution in [0.5, 0.6) is 0 Å². The van der Waals surface area contributed by atoms with Crippen molar-refractivity contribution >= 4 is 11.6 Å². The Morgan fingerprint density at radius 2 is 1.89 bits per heavy atom. The molecule has 0 fully saturated rings. The summed E-state index contributed by atoms with van der Waals surface area (Å²) in [5.74, 6) is -2.48. The standard InChI is InChI=1S/C13H18F2N2O/c1-4-5-17(8(2)3)13(18)9-6-10(14)11(15)7-12(9)16/h6-8H,4-5,16H2,1-3H3. The lowest BCUT2D eigenvalue weighted by Crippen LogP contribution is -2.38. The molecule has 0 aliphatic rings. The Morgan fingerprint density at radius 3 is 2.39 bits per heavy atom. The fourth-order valence-electron chi connectivity index (χ4n) is 1.74. The van der Waals surface area contributed by atoms with Crippen LogP contribution in [0.2, 0.25) is 0 Å². The molecule has 1 rings (SSSR count). The predicted molar refractivity (Wildman–Crippen MR) is 67.2 cm³/mol. The van der Waals surface area contributed by atoms with E-state index in [1.54, 1.807) is 4.90 Å². The topological polar surface area (TPSA) is 46.3 Å². The molecule has 1 aromatic rings. The Bertz CT molecular complexity index is 447. The maximum atomic E-state index is 13.2. The second-order valence-electron chi connectivity index (χ2n) is 4.45. The largest absolute Gasteiger partial charge is 0.398 e. The van der Waals surface area contributed by atoms with Crippen LogP contribution in [0.1, 0.15) is 37.6 Å². The molecule has 0 bridgehead atoms. The lowest BCUT2D eigenvalue weighted by molar-refractivity contribution is 0.0706. The number of anilines is 1. The molecular formula is C13H18F2N2O. The number of carbonyl (C=O) groups excluding carboxylic acids is 1. The average Bonchev–Trinajstić information content (AvgIpc) is 2.29. The molecule has 0 unspecified atom stereocenters. The van der Waals surface area contributed by atoms with Crippen LogP contribution in [-0.2, 0) is 0 Å². The first-order chi connectivity index (χ1) is 8.38. The molecule has 100 valence electrons. The second-order valence-corrected chi connectivity index (χ2v) is 4.45. The van der Waals surface area contributed by atoms with Crippen LogP contribution < -0.4 is 5.73 Å². The smallest absolute Gasteiger partial charge is 0.256 e. The summed E-state index contributed by atoms with van der Waals surface area (Å²) < 4.78 is 26.1. The highest BCUT2D eigenvalue weighted by Crippen LogP contribution is 2.20. The molecule has 0 aliphatic carbocycles. The van der Waals surface area contributed by atoms with E-state index in [1.807, 2.05) is 20.8 Å². The molecule has 0 saturated heterocycles. The third kappa shape index (κ3) is 2.97. The Morgan fingerprint density at radius 1 is 1.33 bits per heavy atom. The van der Waals surface area contributed by atoms with Gasteiger partial charge in [-0.15, -0.1) is 0 Å². The number of nitrogen functional groups attached to an aromatic ring is 1. The third-order valence-corrected chi connectivity index (χ3v) is 2.67. The minimum absolute atomic E-state index is 0.0102. The third-order valence-electron chi connectivity index (χ3n) is 2.67. The Labute approximate surface area is 106 Å². The Hall–Kier alpha value is -1.65. The van der Waals surface area contributed by atoms with Crippen LogP contribution in [0, 0.1) is 11.6 Å². The summed E-state index contributed by atoms with van der Waals surface area (Å²) in [5, 5.41) is 0. The van der Waals surface area contributed by atoms with Gasteiger partial charge in [-0.05, 0) is 26.3 Å². The van der Waals surface area contributed by atoms with Gasteiger partial charge in [0.15, 0.2) is 11.6 Å². The zero-order valence-corrected chi connectivity index (χ0v) is 10.8. The molecular weight excluding hydrogens is 238 g/mol. The van der Waals surface area contributed by atoms with Crippen molar-refractivity contribution in [3.63, 3.8) is 0 Å². The Kier molecular flexibility index (Phi) is 4.64. The van der Waals surface area contributed by atoms with Crippen molar-refractivity contribution in [2.24, 2.45) is 0 Å². The first kappa shape index (κ1) is 14.4. The quantitative estimate of drug-likeness (QED) is 0.842. The summed E-state index contributed by atoms with van der Waals surface area (Å²) in [6.07, 6.45) is 0.785. The van der Waals surface area contributed by atoms with E-state index in [9.17, 15) is 13.6 Å². The fraction of sp³-hybridized carbons (Fsp3) is 0.462. The van der Waals surface area contributed by atoms with Crippen LogP contribution in [0.15, 0.2) is 12.1 Å². The van der Waals surface area contributed by atoms with E-state index in [0.717, 1.165) is 18.6 Å². The van der Waals surface area contributed by atoms with E-state index in [0.29, 0.717) is 6.54 Å². The van der Waals surface area contributed by atoms with E-state index in [1.165, 1.54) is 0 Å². The van der Waals surface area contributed by atoms with Crippen LogP contribution in [-0.4, -0.2) is 23.4 Å². The zero-order chi connectivity index (χ0) is 13.9. The van der Waals surface area contributed by atoms with Crippen molar-refractivity contribution in [3.8, 4) is 0 Å². The number of amides is 1. The number of carbonyl (C=O) groups is 1. The van der Waals surface area contributed by atoms with Gasteiger partial charge in [0.05, 0.1) is 5.56 Å². The number of benzene rings is 1. The van der Waals surface area contributed by atoms with Crippen molar-refractivity contribution < 1.29 is 13.6 Å². The van der Waals surface area contributed by atoms with E-state index < -0.39 is 11.6 Å². The van der Waals surface area contributed by atoms with E-state index in [-0.39, 0.29) is 23.2 Å². The molecule has 0 saturated carbocycles. The summed E-state index contributed by atoms with van der Waals surface area (Å²) in [6.45, 7) is 6.22. The van der Waals surface area contributed by atoms with Gasteiger partial charge in [-0.2, -0.15) is 0 Å². The van der Waals surface area contributed by atoms with Crippen molar-refractivity contribution in [2.75, 3.05) is 12.3 Å². The summed E-state index contributed by atoms with van der Waals surface area (Å²) in [4.78, 5) is 13.8. The first-order valence-electron chi connectivity index (χ1n) is 5.94. The molecule has 5 heteroatoms. The molecule has 0 spiro atoms. The zero-order valence-electron chi connectivity index (χ0n) is 10.8. The van der Waals surface area contributed by atoms with E-state index in [2.05, 4.69) is 0 Å². The van der Waals surface area contributed by atoms with Crippen LogP contribution in [0.3, 0.4) is 0 Å². The van der Waals surface area contributed by atoms with Gasteiger partial charge in [0.2, 0.25) is 0 Å². The van der Waals surface area contributed by atoms with Crippen LogP contribution >= 0.6 is 0 Å². The minimum Gasteiger partial charge on any atom is -0.398 e. The monoisotopic (exact) mass is 256 g/mol. The number of hydrogen-bond donors (Lipinski definition) is 1. The molecule has 1 amide bonds. The average molecular weight is 256 g/mol. The van der Waals surface area contributed by atoms with Crippen molar-refractivity contribution in [1.82, 2.24) is 4.90 Å². The van der Waals surface area contributed by atoms with Gasteiger partial charge in [-0.1, -0.05) is 6.92 Å². The predicted octanol–water partition coefficient (Wildman–Crippen LogP) is 2.81. The normalized spacial score (nSPS) is 10.8. The van der Waals surface area contributed by atoms with Gasteiger partial charge in [-0.3, -0.25) is 4.79 Å². The number of nitrogens with two attached hydrogens (primary N) is 1. The molecule has 0 aromatic heterocycles. The van der Waals surface area contributed by atoms with E-state index in [4.69, 9.17) is 5.73 Å². The highest BCUT2D eigenvalue weighted by Gasteiger charge is 2.21. The second kappa shape index (κ2) is 5.80. The fourth-order valence-corrected chi connectivity index (χ4v) is 1.74. The number of nitrogens with zero attached hydrogens (tertiary/aromatic N) is 1. The minimum atomic E-state index is -1.06. The first-order valence-corrected chi connectivity index (χ1v) is 5.94.